The molecule has 2 heterocycles. The van der Waals surface area contributed by atoms with E-state index in [0.717, 1.165) is 0 Å². The highest BCUT2D eigenvalue weighted by Crippen LogP contribution is 2.38. The van der Waals surface area contributed by atoms with Crippen molar-refractivity contribution in [1.29, 1.82) is 0 Å². The summed E-state index contributed by atoms with van der Waals surface area (Å²) in [7, 11) is 0. The second-order valence-electron chi connectivity index (χ2n) is 9.82. The largest absolute Gasteiger partial charge is 0.455 e. The summed E-state index contributed by atoms with van der Waals surface area (Å²) < 4.78 is 33.8. The maximum atomic E-state index is 12.9. The van der Waals surface area contributed by atoms with Crippen LogP contribution >= 0.6 is 0 Å². The highest BCUT2D eigenvalue weighted by molar-refractivity contribution is 5.73. The Kier molecular flexibility index (Phi) is 12.5. The van der Waals surface area contributed by atoms with Crippen molar-refractivity contribution in [2.24, 2.45) is 11.8 Å². The van der Waals surface area contributed by atoms with Crippen LogP contribution in [0.15, 0.2) is 0 Å². The third-order valence-corrected chi connectivity index (χ3v) is 7.08. The smallest absolute Gasteiger partial charge is 0.309 e. The molecular formula is C25H42O14. The predicted octanol–water partition coefficient (Wildman–Crippen LogP) is -1.24. The van der Waals surface area contributed by atoms with Crippen LogP contribution < -0.4 is 0 Å². The second kappa shape index (κ2) is 14.6. The number of hydrogen-bond donors (Lipinski definition) is 5. The Morgan fingerprint density at radius 1 is 0.821 bits per heavy atom. The van der Waals surface area contributed by atoms with E-state index in [1.54, 1.807) is 27.7 Å². The lowest BCUT2D eigenvalue weighted by molar-refractivity contribution is -0.384. The van der Waals surface area contributed by atoms with Crippen molar-refractivity contribution in [2.45, 2.75) is 109 Å². The molecule has 2 unspecified atom stereocenters. The summed E-state index contributed by atoms with van der Waals surface area (Å²) in [5, 5.41) is 50.6. The molecule has 0 saturated carbocycles. The molecule has 0 bridgehead atoms. The summed E-state index contributed by atoms with van der Waals surface area (Å²) >= 11 is 0. The van der Waals surface area contributed by atoms with E-state index in [4.69, 9.17) is 28.4 Å². The van der Waals surface area contributed by atoms with Gasteiger partial charge in [-0.1, -0.05) is 34.6 Å². The van der Waals surface area contributed by atoms with Gasteiger partial charge in [0.15, 0.2) is 18.3 Å². The fourth-order valence-electron chi connectivity index (χ4n) is 4.06. The third-order valence-electron chi connectivity index (χ3n) is 7.08. The molecule has 226 valence electrons. The first kappa shape index (κ1) is 33.3. The first-order valence-corrected chi connectivity index (χ1v) is 13.2. The van der Waals surface area contributed by atoms with E-state index in [1.807, 2.05) is 0 Å². The molecule has 5 N–H and O–H groups in total. The van der Waals surface area contributed by atoms with Gasteiger partial charge in [0.1, 0.15) is 31.0 Å². The Balaban J connectivity index is 2.56. The van der Waals surface area contributed by atoms with Gasteiger partial charge in [-0.15, -0.1) is 0 Å². The molecule has 2 aliphatic rings. The molecule has 14 heteroatoms. The molecule has 2 fully saturated rings. The monoisotopic (exact) mass is 566 g/mol. The number of aliphatic hydroxyl groups is 5. The number of rotatable bonds is 13. The Morgan fingerprint density at radius 3 is 1.79 bits per heavy atom. The molecule has 11 atom stereocenters. The lowest BCUT2D eigenvalue weighted by Gasteiger charge is -2.46. The maximum Gasteiger partial charge on any atom is 0.309 e. The van der Waals surface area contributed by atoms with E-state index in [-0.39, 0.29) is 6.42 Å². The lowest BCUT2D eigenvalue weighted by Crippen LogP contribution is -2.65. The van der Waals surface area contributed by atoms with Crippen LogP contribution in [0.2, 0.25) is 0 Å². The van der Waals surface area contributed by atoms with Gasteiger partial charge in [0.2, 0.25) is 12.1 Å². The fourth-order valence-corrected chi connectivity index (χ4v) is 4.06. The normalized spacial score (nSPS) is 36.2. The molecule has 0 aromatic carbocycles. The molecule has 0 spiro atoms. The number of carbonyl (C=O) groups is 3. The average Bonchev–Trinajstić information content (AvgIpc) is 3.19. The van der Waals surface area contributed by atoms with E-state index < -0.39 is 104 Å². The Morgan fingerprint density at radius 2 is 1.36 bits per heavy atom. The summed E-state index contributed by atoms with van der Waals surface area (Å²) in [6.45, 7) is 5.70. The Labute approximate surface area is 227 Å². The molecule has 2 aliphatic heterocycles. The first-order valence-electron chi connectivity index (χ1n) is 13.2. The van der Waals surface area contributed by atoms with E-state index in [0.29, 0.717) is 12.8 Å². The number of ether oxygens (including phenoxy) is 6. The number of carbonyl (C=O) groups excluding carboxylic acids is 3. The van der Waals surface area contributed by atoms with Crippen molar-refractivity contribution < 1.29 is 68.3 Å². The van der Waals surface area contributed by atoms with Crippen molar-refractivity contribution >= 4 is 17.9 Å². The molecule has 0 amide bonds. The van der Waals surface area contributed by atoms with Crippen molar-refractivity contribution in [2.75, 3.05) is 19.8 Å². The average molecular weight is 567 g/mol. The lowest BCUT2D eigenvalue weighted by atomic mass is 9.97. The van der Waals surface area contributed by atoms with Crippen LogP contribution in [0.25, 0.3) is 0 Å². The number of esters is 3. The first-order chi connectivity index (χ1) is 18.4. The standard InChI is InChI=1S/C25H42O14/c1-6-12(4)22(32)36-18-15(10-27)34-24(39-25(11-28)21(31)17(30)14(9-26)38-25)20(35-16(29)8-3)19(18)37-23(33)13(5)7-2/h12-15,17-21,24,26-28,30-31H,6-11H2,1-5H3/t12?,13?,14-,15-,17-,18-,19+,20-,21+,24-,25+/m1/s1. The third kappa shape index (κ3) is 7.44. The van der Waals surface area contributed by atoms with Gasteiger partial charge in [0.05, 0.1) is 25.0 Å². The van der Waals surface area contributed by atoms with Gasteiger partial charge < -0.3 is 54.0 Å². The minimum absolute atomic E-state index is 0.119. The van der Waals surface area contributed by atoms with Crippen molar-refractivity contribution in [3.8, 4) is 0 Å². The van der Waals surface area contributed by atoms with Crippen LogP contribution in [0.5, 0.6) is 0 Å². The number of aliphatic hydroxyl groups excluding tert-OH is 5. The molecule has 0 radical (unpaired) electrons. The van der Waals surface area contributed by atoms with Crippen molar-refractivity contribution in [1.82, 2.24) is 0 Å². The van der Waals surface area contributed by atoms with Gasteiger partial charge in [-0.25, -0.2) is 0 Å². The predicted molar refractivity (Wildman–Crippen MR) is 129 cm³/mol. The van der Waals surface area contributed by atoms with Crippen molar-refractivity contribution in [3.63, 3.8) is 0 Å². The molecule has 2 rings (SSSR count). The zero-order valence-corrected chi connectivity index (χ0v) is 22.9. The van der Waals surface area contributed by atoms with Gasteiger partial charge in [-0.05, 0) is 12.8 Å². The molecule has 0 aliphatic carbocycles. The zero-order chi connectivity index (χ0) is 29.5. The molecule has 39 heavy (non-hydrogen) atoms. The molecule has 2 saturated heterocycles. The molecule has 0 aromatic rings. The molecule has 14 nitrogen and oxygen atoms in total. The Hall–Kier alpha value is -1.91. The van der Waals surface area contributed by atoms with Crippen LogP contribution in [0, 0.1) is 11.8 Å². The van der Waals surface area contributed by atoms with Crippen LogP contribution in [-0.4, -0.2) is 118 Å². The van der Waals surface area contributed by atoms with Gasteiger partial charge in [0.25, 0.3) is 0 Å². The minimum Gasteiger partial charge on any atom is -0.455 e. The molecule has 0 aromatic heterocycles. The van der Waals surface area contributed by atoms with Crippen LogP contribution in [-0.2, 0) is 42.8 Å². The van der Waals surface area contributed by atoms with Crippen LogP contribution in [0.1, 0.15) is 53.9 Å². The minimum atomic E-state index is -2.36. The zero-order valence-electron chi connectivity index (χ0n) is 22.9. The van der Waals surface area contributed by atoms with E-state index in [2.05, 4.69) is 0 Å². The summed E-state index contributed by atoms with van der Waals surface area (Å²) in [5.74, 6) is -5.69. The van der Waals surface area contributed by atoms with E-state index in [9.17, 15) is 39.9 Å². The van der Waals surface area contributed by atoms with Crippen molar-refractivity contribution in [3.05, 3.63) is 0 Å². The highest BCUT2D eigenvalue weighted by Gasteiger charge is 2.60. The summed E-state index contributed by atoms with van der Waals surface area (Å²) in [5.41, 5.74) is 0. The topological polar surface area (TPSA) is 208 Å². The maximum absolute atomic E-state index is 12.9. The summed E-state index contributed by atoms with van der Waals surface area (Å²) in [6.07, 6.45) is -11.9. The van der Waals surface area contributed by atoms with E-state index in [1.165, 1.54) is 6.92 Å². The molecular weight excluding hydrogens is 524 g/mol. The fraction of sp³-hybridized carbons (Fsp3) is 0.880. The van der Waals surface area contributed by atoms with Gasteiger partial charge in [-0.2, -0.15) is 0 Å². The summed E-state index contributed by atoms with van der Waals surface area (Å²) in [6, 6.07) is 0. The van der Waals surface area contributed by atoms with Gasteiger partial charge in [0, 0.05) is 6.42 Å². The highest BCUT2D eigenvalue weighted by atomic mass is 16.8. The van der Waals surface area contributed by atoms with Crippen LogP contribution in [0.4, 0.5) is 0 Å². The quantitative estimate of drug-likeness (QED) is 0.131. The van der Waals surface area contributed by atoms with E-state index >= 15 is 0 Å². The van der Waals surface area contributed by atoms with Gasteiger partial charge >= 0.3 is 17.9 Å². The van der Waals surface area contributed by atoms with Gasteiger partial charge in [-0.3, -0.25) is 14.4 Å². The SMILES string of the molecule is CCC(=O)O[C@H]1[C@@H](O[C@]2(CO)O[C@H](CO)[C@@H](O)[C@@H]2O)O[C@H](CO)[C@@H](OC(=O)C(C)CC)[C@@H]1OC(=O)C(C)CC. The number of hydrogen-bond acceptors (Lipinski definition) is 14. The second-order valence-corrected chi connectivity index (χ2v) is 9.82. The Bertz CT molecular complexity index is 823. The van der Waals surface area contributed by atoms with Crippen LogP contribution in [0.3, 0.4) is 0 Å². The summed E-state index contributed by atoms with van der Waals surface area (Å²) in [4.78, 5) is 38.1.